The van der Waals surface area contributed by atoms with Crippen molar-refractivity contribution in [2.24, 2.45) is 17.8 Å². The molecule has 0 aliphatic heterocycles. The van der Waals surface area contributed by atoms with Gasteiger partial charge >= 0.3 is 0 Å². The normalized spacial score (nSPS) is 25.2. The summed E-state index contributed by atoms with van der Waals surface area (Å²) in [7, 11) is 0. The fourth-order valence-corrected chi connectivity index (χ4v) is 2.68. The summed E-state index contributed by atoms with van der Waals surface area (Å²) in [6.45, 7) is 10.8. The predicted octanol–water partition coefficient (Wildman–Crippen LogP) is 3.38. The molecule has 3 nitrogen and oxygen atoms in total. The number of ether oxygens (including phenoxy) is 1. The van der Waals surface area contributed by atoms with Crippen molar-refractivity contribution in [2.45, 2.75) is 65.5 Å². The highest BCUT2D eigenvalue weighted by Gasteiger charge is 2.18. The van der Waals surface area contributed by atoms with Crippen molar-refractivity contribution in [1.29, 1.82) is 0 Å². The molecule has 1 aliphatic carbocycles. The van der Waals surface area contributed by atoms with Crippen LogP contribution in [-0.2, 0) is 4.74 Å². The monoisotopic (exact) mass is 297 g/mol. The molecule has 0 saturated carbocycles. The van der Waals surface area contributed by atoms with E-state index in [0.29, 0.717) is 31.0 Å². The molecule has 21 heavy (non-hydrogen) atoms. The average Bonchev–Trinajstić information content (AvgIpc) is 2.45. The molecule has 3 heteroatoms. The smallest absolute Gasteiger partial charge is 0.0897 e. The van der Waals surface area contributed by atoms with Crippen LogP contribution in [0.2, 0.25) is 0 Å². The van der Waals surface area contributed by atoms with Gasteiger partial charge in [-0.05, 0) is 50.4 Å². The first kappa shape index (κ1) is 18.7. The van der Waals surface area contributed by atoms with Crippen LogP contribution in [0.1, 0.15) is 53.4 Å². The van der Waals surface area contributed by atoms with Crippen molar-refractivity contribution in [2.75, 3.05) is 19.8 Å². The molecule has 1 rings (SSSR count). The second-order valence-electron chi connectivity index (χ2n) is 7.15. The topological polar surface area (TPSA) is 41.5 Å². The Hall–Kier alpha value is -0.380. The molecular formula is C18H35NO2. The zero-order valence-corrected chi connectivity index (χ0v) is 14.3. The molecule has 0 aromatic heterocycles. The van der Waals surface area contributed by atoms with Crippen LogP contribution in [0.25, 0.3) is 0 Å². The summed E-state index contributed by atoms with van der Waals surface area (Å²) >= 11 is 0. The third kappa shape index (κ3) is 8.60. The lowest BCUT2D eigenvalue weighted by Gasteiger charge is -2.25. The summed E-state index contributed by atoms with van der Waals surface area (Å²) in [6.07, 6.45) is 8.78. The van der Waals surface area contributed by atoms with Crippen LogP contribution in [0.4, 0.5) is 0 Å². The quantitative estimate of drug-likeness (QED) is 0.607. The molecule has 0 aromatic carbocycles. The zero-order chi connectivity index (χ0) is 15.7. The van der Waals surface area contributed by atoms with E-state index < -0.39 is 6.10 Å². The van der Waals surface area contributed by atoms with Gasteiger partial charge in [0.1, 0.15) is 0 Å². The minimum atomic E-state index is -0.402. The van der Waals surface area contributed by atoms with E-state index in [2.05, 4.69) is 45.2 Å². The van der Waals surface area contributed by atoms with E-state index in [9.17, 15) is 5.11 Å². The highest BCUT2D eigenvalue weighted by molar-refractivity contribution is 4.93. The summed E-state index contributed by atoms with van der Waals surface area (Å²) in [5, 5.41) is 13.4. The molecule has 0 radical (unpaired) electrons. The highest BCUT2D eigenvalue weighted by Crippen LogP contribution is 2.24. The number of aliphatic hydroxyl groups excluding tert-OH is 1. The van der Waals surface area contributed by atoms with Crippen molar-refractivity contribution in [3.63, 3.8) is 0 Å². The lowest BCUT2D eigenvalue weighted by Crippen LogP contribution is -2.36. The van der Waals surface area contributed by atoms with Gasteiger partial charge in [-0.15, -0.1) is 0 Å². The second-order valence-corrected chi connectivity index (χ2v) is 7.15. The Morgan fingerprint density at radius 3 is 2.57 bits per heavy atom. The summed E-state index contributed by atoms with van der Waals surface area (Å²) in [4.78, 5) is 0. The summed E-state index contributed by atoms with van der Waals surface area (Å²) in [5.41, 5.74) is 0. The van der Waals surface area contributed by atoms with Gasteiger partial charge < -0.3 is 15.2 Å². The first-order valence-corrected chi connectivity index (χ1v) is 8.63. The molecule has 4 unspecified atom stereocenters. The van der Waals surface area contributed by atoms with E-state index in [1.165, 1.54) is 6.42 Å². The van der Waals surface area contributed by atoms with Crippen LogP contribution in [0.3, 0.4) is 0 Å². The van der Waals surface area contributed by atoms with Crippen LogP contribution >= 0.6 is 0 Å². The zero-order valence-electron chi connectivity index (χ0n) is 14.3. The standard InChI is InChI=1S/C18H35NO2/c1-14(2)9-10-16(4)19-11-18(20)13-21-12-17-8-6-5-7-15(17)3/h5-6,14-20H,7-13H2,1-4H3. The Balaban J connectivity index is 2.05. The molecule has 0 bridgehead atoms. The molecule has 0 amide bonds. The van der Waals surface area contributed by atoms with Gasteiger partial charge in [-0.25, -0.2) is 0 Å². The summed E-state index contributed by atoms with van der Waals surface area (Å²) < 4.78 is 5.71. The molecule has 0 saturated heterocycles. The lowest BCUT2D eigenvalue weighted by atomic mass is 9.85. The van der Waals surface area contributed by atoms with Crippen molar-refractivity contribution >= 4 is 0 Å². The third-order valence-electron chi connectivity index (χ3n) is 4.44. The van der Waals surface area contributed by atoms with Gasteiger partial charge in [0, 0.05) is 12.6 Å². The summed E-state index contributed by atoms with van der Waals surface area (Å²) in [6, 6.07) is 0.463. The van der Waals surface area contributed by atoms with Gasteiger partial charge in [0.05, 0.1) is 19.3 Å². The maximum absolute atomic E-state index is 9.97. The molecule has 1 aliphatic rings. The number of allylic oxidation sites excluding steroid dienone is 2. The Labute approximate surface area is 131 Å². The first-order chi connectivity index (χ1) is 9.99. The number of hydrogen-bond donors (Lipinski definition) is 2. The lowest BCUT2D eigenvalue weighted by molar-refractivity contribution is 0.0119. The molecule has 0 fully saturated rings. The summed E-state index contributed by atoms with van der Waals surface area (Å²) in [5.74, 6) is 2.05. The molecule has 124 valence electrons. The van der Waals surface area contributed by atoms with E-state index in [-0.39, 0.29) is 0 Å². The SMILES string of the molecule is CC(C)CCC(C)NCC(O)COCC1CC=CCC1C. The fourth-order valence-electron chi connectivity index (χ4n) is 2.68. The molecule has 4 atom stereocenters. The number of rotatable bonds is 10. The van der Waals surface area contributed by atoms with Crippen molar-refractivity contribution < 1.29 is 9.84 Å². The largest absolute Gasteiger partial charge is 0.389 e. The number of hydrogen-bond acceptors (Lipinski definition) is 3. The van der Waals surface area contributed by atoms with E-state index >= 15 is 0 Å². The van der Waals surface area contributed by atoms with Gasteiger partial charge in [-0.1, -0.05) is 32.9 Å². The van der Waals surface area contributed by atoms with Gasteiger partial charge in [-0.3, -0.25) is 0 Å². The highest BCUT2D eigenvalue weighted by atomic mass is 16.5. The molecule has 0 aromatic rings. The molecular weight excluding hydrogens is 262 g/mol. The Kier molecular flexibility index (Phi) is 9.21. The molecule has 0 spiro atoms. The van der Waals surface area contributed by atoms with Crippen LogP contribution in [0, 0.1) is 17.8 Å². The van der Waals surface area contributed by atoms with Crippen molar-refractivity contribution in [1.82, 2.24) is 5.32 Å². The van der Waals surface area contributed by atoms with Crippen molar-refractivity contribution in [3.8, 4) is 0 Å². The predicted molar refractivity (Wildman–Crippen MR) is 89.4 cm³/mol. The van der Waals surface area contributed by atoms with E-state index in [1.807, 2.05) is 0 Å². The van der Waals surface area contributed by atoms with Gasteiger partial charge in [-0.2, -0.15) is 0 Å². The second kappa shape index (κ2) is 10.4. The minimum Gasteiger partial charge on any atom is -0.389 e. The van der Waals surface area contributed by atoms with Gasteiger partial charge in [0.2, 0.25) is 0 Å². The van der Waals surface area contributed by atoms with E-state index in [4.69, 9.17) is 4.74 Å². The van der Waals surface area contributed by atoms with E-state index in [0.717, 1.165) is 31.8 Å². The van der Waals surface area contributed by atoms with E-state index in [1.54, 1.807) is 0 Å². The fraction of sp³-hybridized carbons (Fsp3) is 0.889. The number of aliphatic hydroxyl groups is 1. The number of nitrogens with one attached hydrogen (secondary N) is 1. The third-order valence-corrected chi connectivity index (χ3v) is 4.44. The van der Waals surface area contributed by atoms with Crippen LogP contribution in [-0.4, -0.2) is 37.0 Å². The maximum atomic E-state index is 9.97. The van der Waals surface area contributed by atoms with Crippen LogP contribution in [0.5, 0.6) is 0 Å². The minimum absolute atomic E-state index is 0.402. The first-order valence-electron chi connectivity index (χ1n) is 8.63. The van der Waals surface area contributed by atoms with Crippen LogP contribution in [0.15, 0.2) is 12.2 Å². The Morgan fingerprint density at radius 1 is 1.19 bits per heavy atom. The van der Waals surface area contributed by atoms with Gasteiger partial charge in [0.15, 0.2) is 0 Å². The average molecular weight is 297 g/mol. The van der Waals surface area contributed by atoms with Crippen molar-refractivity contribution in [3.05, 3.63) is 12.2 Å². The molecule has 2 N–H and O–H groups in total. The Bertz CT molecular complexity index is 291. The van der Waals surface area contributed by atoms with Gasteiger partial charge in [0.25, 0.3) is 0 Å². The van der Waals surface area contributed by atoms with Crippen LogP contribution < -0.4 is 5.32 Å². The maximum Gasteiger partial charge on any atom is 0.0897 e. The Morgan fingerprint density at radius 2 is 1.90 bits per heavy atom. The molecule has 0 heterocycles.